The number of carbonyl (C=O) groups is 1. The highest BCUT2D eigenvalue weighted by Crippen LogP contribution is 2.69. The number of hydrogen-bond donors (Lipinski definition) is 0. The molecule has 0 amide bonds. The average Bonchev–Trinajstić information content (AvgIpc) is 3.00. The Labute approximate surface area is 146 Å². The van der Waals surface area contributed by atoms with E-state index in [2.05, 4.69) is 20.8 Å². The van der Waals surface area contributed by atoms with E-state index in [1.54, 1.807) is 7.11 Å². The third-order valence-corrected chi connectivity index (χ3v) is 6.70. The first-order valence-corrected chi connectivity index (χ1v) is 8.11. The van der Waals surface area contributed by atoms with Crippen LogP contribution >= 0.6 is 0 Å². The molecule has 3 rings (SSSR count). The van der Waals surface area contributed by atoms with Gasteiger partial charge in [0.25, 0.3) is 0 Å². The SMILES string of the molecule is C.C.C.C.CCCC1CC(C)C2C1C1CC2C(C)(C(=O)OC)C1. The highest BCUT2D eigenvalue weighted by molar-refractivity contribution is 5.77. The number of esters is 1. The van der Waals surface area contributed by atoms with Crippen LogP contribution in [0.15, 0.2) is 0 Å². The fourth-order valence-corrected chi connectivity index (χ4v) is 6.24. The first-order chi connectivity index (χ1) is 9.02. The van der Waals surface area contributed by atoms with Crippen LogP contribution in [-0.4, -0.2) is 13.1 Å². The monoisotopic (exact) mass is 328 g/mol. The van der Waals surface area contributed by atoms with E-state index in [1.807, 2.05) is 0 Å². The van der Waals surface area contributed by atoms with Crippen molar-refractivity contribution in [3.05, 3.63) is 0 Å². The zero-order chi connectivity index (χ0) is 13.8. The van der Waals surface area contributed by atoms with Crippen LogP contribution in [0.4, 0.5) is 0 Å². The molecule has 0 aromatic rings. The van der Waals surface area contributed by atoms with Gasteiger partial charge in [-0.2, -0.15) is 0 Å². The van der Waals surface area contributed by atoms with Gasteiger partial charge in [0.05, 0.1) is 12.5 Å². The highest BCUT2D eigenvalue weighted by atomic mass is 16.5. The third-order valence-electron chi connectivity index (χ3n) is 6.70. The van der Waals surface area contributed by atoms with E-state index >= 15 is 0 Å². The summed E-state index contributed by atoms with van der Waals surface area (Å²) in [7, 11) is 1.55. The molecule has 0 saturated heterocycles. The molecule has 0 radical (unpaired) electrons. The van der Waals surface area contributed by atoms with Gasteiger partial charge in [0.15, 0.2) is 0 Å². The maximum absolute atomic E-state index is 12.2. The van der Waals surface area contributed by atoms with Crippen molar-refractivity contribution >= 4 is 5.97 Å². The molecule has 2 nitrogen and oxygen atoms in total. The van der Waals surface area contributed by atoms with Gasteiger partial charge in [-0.15, -0.1) is 0 Å². The van der Waals surface area contributed by atoms with Crippen molar-refractivity contribution in [1.29, 1.82) is 0 Å². The van der Waals surface area contributed by atoms with Gasteiger partial charge in [-0.1, -0.05) is 56.4 Å². The Kier molecular flexibility index (Phi) is 9.17. The summed E-state index contributed by atoms with van der Waals surface area (Å²) >= 11 is 0. The summed E-state index contributed by atoms with van der Waals surface area (Å²) in [5.41, 5.74) is -0.185. The Bertz CT molecular complexity index is 378. The number of rotatable bonds is 3. The molecule has 0 aromatic heterocycles. The van der Waals surface area contributed by atoms with E-state index in [-0.39, 0.29) is 41.1 Å². The van der Waals surface area contributed by atoms with Crippen molar-refractivity contribution < 1.29 is 9.53 Å². The number of carbonyl (C=O) groups excluding carboxylic acids is 1. The van der Waals surface area contributed by atoms with Crippen LogP contribution in [0.25, 0.3) is 0 Å². The fourth-order valence-electron chi connectivity index (χ4n) is 6.24. The molecule has 140 valence electrons. The van der Waals surface area contributed by atoms with Gasteiger partial charge in [0, 0.05) is 0 Å². The molecule has 3 aliphatic carbocycles. The Morgan fingerprint density at radius 1 is 1.13 bits per heavy atom. The number of ether oxygens (including phenoxy) is 1. The van der Waals surface area contributed by atoms with Crippen LogP contribution in [0.2, 0.25) is 0 Å². The summed E-state index contributed by atoms with van der Waals surface area (Å²) in [6, 6.07) is 0. The molecule has 0 aromatic carbocycles. The molecule has 0 spiro atoms. The van der Waals surface area contributed by atoms with Gasteiger partial charge < -0.3 is 4.74 Å². The Balaban J connectivity index is 0. The van der Waals surface area contributed by atoms with E-state index in [4.69, 9.17) is 4.74 Å². The van der Waals surface area contributed by atoms with Crippen LogP contribution in [0.5, 0.6) is 0 Å². The van der Waals surface area contributed by atoms with E-state index in [0.717, 1.165) is 36.0 Å². The van der Waals surface area contributed by atoms with E-state index in [9.17, 15) is 4.79 Å². The second-order valence-electron chi connectivity index (χ2n) is 7.63. The lowest BCUT2D eigenvalue weighted by atomic mass is 9.64. The number of methoxy groups -OCH3 is 1. The summed E-state index contributed by atoms with van der Waals surface area (Å²) in [5.74, 6) is 4.87. The predicted molar refractivity (Wildman–Crippen MR) is 102 cm³/mol. The third kappa shape index (κ3) is 3.33. The van der Waals surface area contributed by atoms with Crippen molar-refractivity contribution in [2.75, 3.05) is 7.11 Å². The minimum absolute atomic E-state index is 0. The van der Waals surface area contributed by atoms with Crippen LogP contribution in [0, 0.1) is 40.9 Å². The van der Waals surface area contributed by atoms with Crippen molar-refractivity contribution in [3.63, 3.8) is 0 Å². The lowest BCUT2D eigenvalue weighted by Gasteiger charge is -2.40. The van der Waals surface area contributed by atoms with Crippen molar-refractivity contribution in [2.24, 2.45) is 40.9 Å². The molecular formula is C21H44O2. The highest BCUT2D eigenvalue weighted by Gasteiger charge is 2.65. The molecule has 2 bridgehead atoms. The van der Waals surface area contributed by atoms with Gasteiger partial charge in [0.2, 0.25) is 0 Å². The van der Waals surface area contributed by atoms with Gasteiger partial charge >= 0.3 is 5.97 Å². The summed E-state index contributed by atoms with van der Waals surface area (Å²) in [6.45, 7) is 6.90. The van der Waals surface area contributed by atoms with Crippen LogP contribution in [0.1, 0.15) is 82.6 Å². The standard InChI is InChI=1S/C17H28O2.4CH4/c1-5-6-11-7-10(2)14-13-8-12(15(11)14)9-17(13,3)16(18)19-4;;;;/h10-15H,5-9H2,1-4H3;4*1H4. The molecule has 2 heteroatoms. The smallest absolute Gasteiger partial charge is 0.311 e. The molecule has 3 fully saturated rings. The molecule has 7 unspecified atom stereocenters. The Morgan fingerprint density at radius 2 is 1.74 bits per heavy atom. The van der Waals surface area contributed by atoms with E-state index in [0.29, 0.717) is 5.92 Å². The van der Waals surface area contributed by atoms with Crippen LogP contribution < -0.4 is 0 Å². The molecule has 0 N–H and O–H groups in total. The summed E-state index contributed by atoms with van der Waals surface area (Å²) in [6.07, 6.45) is 6.47. The first-order valence-electron chi connectivity index (χ1n) is 8.11. The molecule has 0 heterocycles. The van der Waals surface area contributed by atoms with Crippen molar-refractivity contribution in [2.45, 2.75) is 82.6 Å². The zero-order valence-electron chi connectivity index (χ0n) is 12.8. The van der Waals surface area contributed by atoms with Gasteiger partial charge in [-0.05, 0) is 61.7 Å². The topological polar surface area (TPSA) is 26.3 Å². The Morgan fingerprint density at radius 3 is 2.26 bits per heavy atom. The zero-order valence-corrected chi connectivity index (χ0v) is 12.8. The average molecular weight is 329 g/mol. The quantitative estimate of drug-likeness (QED) is 0.557. The molecule has 3 saturated carbocycles. The van der Waals surface area contributed by atoms with E-state index < -0.39 is 0 Å². The maximum atomic E-state index is 12.2. The number of fused-ring (bicyclic) bond motifs is 5. The fraction of sp³-hybridized carbons (Fsp3) is 0.952. The molecule has 7 atom stereocenters. The minimum atomic E-state index is -0.185. The largest absolute Gasteiger partial charge is 0.469 e. The van der Waals surface area contributed by atoms with Crippen LogP contribution in [-0.2, 0) is 9.53 Å². The predicted octanol–water partition coefficient (Wildman–Crippen LogP) is 6.44. The van der Waals surface area contributed by atoms with Gasteiger partial charge in [-0.25, -0.2) is 0 Å². The lowest BCUT2D eigenvalue weighted by Crippen LogP contribution is -2.42. The first kappa shape index (κ1) is 24.7. The lowest BCUT2D eigenvalue weighted by molar-refractivity contribution is -0.157. The maximum Gasteiger partial charge on any atom is 0.311 e. The molecule has 0 aliphatic heterocycles. The summed E-state index contributed by atoms with van der Waals surface area (Å²) < 4.78 is 5.11. The van der Waals surface area contributed by atoms with E-state index in [1.165, 1.54) is 25.7 Å². The minimum Gasteiger partial charge on any atom is -0.469 e. The second-order valence-corrected chi connectivity index (χ2v) is 7.63. The summed E-state index contributed by atoms with van der Waals surface area (Å²) in [5, 5.41) is 0. The number of hydrogen-bond acceptors (Lipinski definition) is 2. The van der Waals surface area contributed by atoms with Gasteiger partial charge in [0.1, 0.15) is 0 Å². The van der Waals surface area contributed by atoms with Crippen molar-refractivity contribution in [3.8, 4) is 0 Å². The molecule has 3 aliphatic rings. The second kappa shape index (κ2) is 8.53. The Hall–Kier alpha value is -0.530. The van der Waals surface area contributed by atoms with Crippen molar-refractivity contribution in [1.82, 2.24) is 0 Å². The molecular weight excluding hydrogens is 284 g/mol. The molecule has 23 heavy (non-hydrogen) atoms. The van der Waals surface area contributed by atoms with Crippen LogP contribution in [0.3, 0.4) is 0 Å². The normalized spacial score (nSPS) is 42.4. The summed E-state index contributed by atoms with van der Waals surface area (Å²) in [4.78, 5) is 12.2. The van der Waals surface area contributed by atoms with Gasteiger partial charge in [-0.3, -0.25) is 4.79 Å².